The molecule has 0 saturated carbocycles. The Morgan fingerprint density at radius 3 is 2.80 bits per heavy atom. The molecule has 1 saturated heterocycles. The third kappa shape index (κ3) is 4.01. The van der Waals surface area contributed by atoms with Crippen LogP contribution in [0.5, 0.6) is 0 Å². The molecule has 30 heavy (non-hydrogen) atoms. The molecule has 0 bridgehead atoms. The molecule has 3 aromatic heterocycles. The lowest BCUT2D eigenvalue weighted by atomic mass is 10.0. The van der Waals surface area contributed by atoms with Crippen molar-refractivity contribution in [2.45, 2.75) is 25.8 Å². The van der Waals surface area contributed by atoms with E-state index in [9.17, 15) is 4.79 Å². The van der Waals surface area contributed by atoms with Crippen molar-refractivity contribution in [2.75, 3.05) is 13.2 Å². The van der Waals surface area contributed by atoms with Crippen LogP contribution in [0.1, 0.15) is 33.0 Å². The molecule has 5 nitrogen and oxygen atoms in total. The Labute approximate surface area is 182 Å². The number of carbonyl (C=O) groups excluding carboxylic acids is 1. The van der Waals surface area contributed by atoms with Crippen LogP contribution < -0.4 is 5.32 Å². The zero-order chi connectivity index (χ0) is 20.5. The Hall–Kier alpha value is -2.61. The van der Waals surface area contributed by atoms with E-state index in [2.05, 4.69) is 44.9 Å². The highest BCUT2D eigenvalue weighted by atomic mass is 32.1. The third-order valence-corrected chi connectivity index (χ3v) is 7.00. The normalized spacial score (nSPS) is 16.2. The second-order valence-electron chi connectivity index (χ2n) is 7.46. The van der Waals surface area contributed by atoms with Gasteiger partial charge in [-0.15, -0.1) is 22.7 Å². The molecule has 1 amide bonds. The Balaban J connectivity index is 1.40. The third-order valence-electron chi connectivity index (χ3n) is 5.25. The van der Waals surface area contributed by atoms with Crippen LogP contribution in [0.3, 0.4) is 0 Å². The molecule has 4 aromatic rings. The van der Waals surface area contributed by atoms with E-state index in [-0.39, 0.29) is 11.9 Å². The Morgan fingerprint density at radius 2 is 2.07 bits per heavy atom. The van der Waals surface area contributed by atoms with Gasteiger partial charge in [-0.3, -0.25) is 4.79 Å². The number of carbonyl (C=O) groups is 1. The number of pyridine rings is 1. The van der Waals surface area contributed by atoms with Crippen molar-refractivity contribution in [3.05, 3.63) is 69.0 Å². The van der Waals surface area contributed by atoms with Crippen molar-refractivity contribution in [1.82, 2.24) is 15.3 Å². The van der Waals surface area contributed by atoms with E-state index in [1.807, 2.05) is 24.4 Å². The van der Waals surface area contributed by atoms with Gasteiger partial charge in [-0.2, -0.15) is 0 Å². The second-order valence-corrected chi connectivity index (χ2v) is 9.44. The van der Waals surface area contributed by atoms with Crippen LogP contribution in [-0.4, -0.2) is 35.1 Å². The molecule has 7 heteroatoms. The summed E-state index contributed by atoms with van der Waals surface area (Å²) in [6, 6.07) is 12.5. The van der Waals surface area contributed by atoms with E-state index >= 15 is 0 Å². The fourth-order valence-electron chi connectivity index (χ4n) is 3.69. The summed E-state index contributed by atoms with van der Waals surface area (Å²) in [6.45, 7) is 3.29. The van der Waals surface area contributed by atoms with Crippen molar-refractivity contribution >= 4 is 38.8 Å². The molecular weight excluding hydrogens is 414 g/mol. The van der Waals surface area contributed by atoms with Crippen LogP contribution in [0.15, 0.2) is 47.2 Å². The first-order chi connectivity index (χ1) is 14.7. The summed E-state index contributed by atoms with van der Waals surface area (Å²) in [4.78, 5) is 21.9. The molecule has 1 atom stereocenters. The topological polar surface area (TPSA) is 64.1 Å². The number of benzene rings is 1. The van der Waals surface area contributed by atoms with Gasteiger partial charge in [0.15, 0.2) is 0 Å². The van der Waals surface area contributed by atoms with E-state index in [4.69, 9.17) is 4.74 Å². The summed E-state index contributed by atoms with van der Waals surface area (Å²) in [5.41, 5.74) is 5.81. The average molecular weight is 436 g/mol. The first kappa shape index (κ1) is 19.4. The Bertz CT molecular complexity index is 1190. The number of hydrogen-bond donors (Lipinski definition) is 1. The van der Waals surface area contributed by atoms with Gasteiger partial charge in [0.05, 0.1) is 33.6 Å². The number of thiazole rings is 1. The lowest BCUT2D eigenvalue weighted by Crippen LogP contribution is -2.35. The van der Waals surface area contributed by atoms with Gasteiger partial charge in [0.1, 0.15) is 5.69 Å². The maximum Gasteiger partial charge on any atom is 0.270 e. The monoisotopic (exact) mass is 435 g/mol. The lowest BCUT2D eigenvalue weighted by molar-refractivity contribution is 0.0925. The van der Waals surface area contributed by atoms with Gasteiger partial charge in [0.2, 0.25) is 0 Å². The van der Waals surface area contributed by atoms with Crippen LogP contribution >= 0.6 is 22.7 Å². The summed E-state index contributed by atoms with van der Waals surface area (Å²) >= 11 is 3.33. The van der Waals surface area contributed by atoms with Gasteiger partial charge in [-0.25, -0.2) is 9.97 Å². The molecule has 1 aliphatic rings. The van der Waals surface area contributed by atoms with Crippen molar-refractivity contribution in [1.29, 1.82) is 0 Å². The van der Waals surface area contributed by atoms with Crippen LogP contribution in [0.25, 0.3) is 21.5 Å². The van der Waals surface area contributed by atoms with Crippen LogP contribution in [0.4, 0.5) is 0 Å². The number of rotatable bonds is 5. The molecule has 1 aromatic carbocycles. The quantitative estimate of drug-likeness (QED) is 0.487. The molecule has 0 aliphatic carbocycles. The van der Waals surface area contributed by atoms with E-state index in [0.29, 0.717) is 18.9 Å². The van der Waals surface area contributed by atoms with Gasteiger partial charge in [-0.05, 0) is 48.4 Å². The van der Waals surface area contributed by atoms with Gasteiger partial charge in [0.25, 0.3) is 5.91 Å². The van der Waals surface area contributed by atoms with Gasteiger partial charge >= 0.3 is 0 Å². The molecule has 152 valence electrons. The number of nitrogens with zero attached hydrogens (tertiary/aromatic N) is 2. The molecule has 1 N–H and O–H groups in total. The smallest absolute Gasteiger partial charge is 0.270 e. The van der Waals surface area contributed by atoms with E-state index in [0.717, 1.165) is 44.9 Å². The number of hydrogen-bond acceptors (Lipinski definition) is 6. The first-order valence-corrected chi connectivity index (χ1v) is 11.7. The highest BCUT2D eigenvalue weighted by Crippen LogP contribution is 2.28. The molecule has 4 heterocycles. The molecule has 0 unspecified atom stereocenters. The zero-order valence-electron chi connectivity index (χ0n) is 16.6. The number of amides is 1. The standard InChI is InChI=1S/C23H21N3O2S2/c1-14-24-21(13-30-14)16-4-2-15(3-5-16)10-17-11-20(26-19-7-9-29-22(17)19)23(27)25-18-6-8-28-12-18/h2-5,7,9,11,13,18H,6,8,10,12H2,1H3,(H,25,27)/t18-/m1/s1. The number of thiophene rings is 1. The lowest BCUT2D eigenvalue weighted by Gasteiger charge is -2.12. The predicted molar refractivity (Wildman–Crippen MR) is 121 cm³/mol. The number of fused-ring (bicyclic) bond motifs is 1. The maximum absolute atomic E-state index is 12.7. The molecule has 0 spiro atoms. The highest BCUT2D eigenvalue weighted by Gasteiger charge is 2.20. The summed E-state index contributed by atoms with van der Waals surface area (Å²) in [7, 11) is 0. The molecule has 1 aliphatic heterocycles. The second kappa shape index (κ2) is 8.26. The summed E-state index contributed by atoms with van der Waals surface area (Å²) in [6.07, 6.45) is 1.60. The Morgan fingerprint density at radius 1 is 1.20 bits per heavy atom. The molecule has 1 fully saturated rings. The average Bonchev–Trinajstić information content (AvgIpc) is 3.50. The minimum atomic E-state index is -0.130. The first-order valence-electron chi connectivity index (χ1n) is 9.93. The molecular formula is C23H21N3O2S2. The summed E-state index contributed by atoms with van der Waals surface area (Å²) in [5, 5.41) is 8.23. The largest absolute Gasteiger partial charge is 0.379 e. The SMILES string of the molecule is Cc1nc(-c2ccc(Cc3cc(C(=O)N[C@@H]4CCOC4)nc4ccsc34)cc2)cs1. The van der Waals surface area contributed by atoms with Crippen LogP contribution in [0.2, 0.25) is 0 Å². The minimum Gasteiger partial charge on any atom is -0.379 e. The van der Waals surface area contributed by atoms with Crippen LogP contribution in [-0.2, 0) is 11.2 Å². The van der Waals surface area contributed by atoms with E-state index in [1.165, 1.54) is 5.56 Å². The van der Waals surface area contributed by atoms with Gasteiger partial charge in [0, 0.05) is 17.6 Å². The van der Waals surface area contributed by atoms with Crippen molar-refractivity contribution in [3.8, 4) is 11.3 Å². The van der Waals surface area contributed by atoms with Gasteiger partial charge in [-0.1, -0.05) is 24.3 Å². The zero-order valence-corrected chi connectivity index (χ0v) is 18.2. The predicted octanol–water partition coefficient (Wildman–Crippen LogP) is 4.84. The Kier molecular flexibility index (Phi) is 5.33. The number of ether oxygens (including phenoxy) is 1. The van der Waals surface area contributed by atoms with Crippen molar-refractivity contribution in [2.24, 2.45) is 0 Å². The number of nitrogens with one attached hydrogen (secondary N) is 1. The number of aryl methyl sites for hydroxylation is 1. The summed E-state index contributed by atoms with van der Waals surface area (Å²) < 4.78 is 6.49. The van der Waals surface area contributed by atoms with Crippen molar-refractivity contribution in [3.63, 3.8) is 0 Å². The minimum absolute atomic E-state index is 0.0721. The fourth-order valence-corrected chi connectivity index (χ4v) is 5.16. The maximum atomic E-state index is 12.7. The van der Waals surface area contributed by atoms with Crippen molar-refractivity contribution < 1.29 is 9.53 Å². The van der Waals surface area contributed by atoms with Crippen LogP contribution in [0, 0.1) is 6.92 Å². The summed E-state index contributed by atoms with van der Waals surface area (Å²) in [5.74, 6) is -0.130. The fraction of sp³-hybridized carbons (Fsp3) is 0.261. The van der Waals surface area contributed by atoms with Gasteiger partial charge < -0.3 is 10.1 Å². The highest BCUT2D eigenvalue weighted by molar-refractivity contribution is 7.17. The molecule has 0 radical (unpaired) electrons. The van der Waals surface area contributed by atoms with E-state index in [1.54, 1.807) is 22.7 Å². The number of aromatic nitrogens is 2. The van der Waals surface area contributed by atoms with E-state index < -0.39 is 0 Å². The molecule has 5 rings (SSSR count).